The van der Waals surface area contributed by atoms with Gasteiger partial charge in [-0.05, 0) is 17.7 Å². The minimum absolute atomic E-state index is 0.0105. The van der Waals surface area contributed by atoms with E-state index >= 15 is 0 Å². The van der Waals surface area contributed by atoms with Gasteiger partial charge in [0.05, 0.1) is 11.9 Å². The molecule has 0 amide bonds. The SMILES string of the molecule is CCS(=O)(=O)c1[nH]ncc1-c1ccc(F)cc1. The van der Waals surface area contributed by atoms with Crippen molar-refractivity contribution in [2.45, 2.75) is 11.9 Å². The highest BCUT2D eigenvalue weighted by molar-refractivity contribution is 7.91. The Morgan fingerprint density at radius 3 is 2.53 bits per heavy atom. The highest BCUT2D eigenvalue weighted by Gasteiger charge is 2.19. The van der Waals surface area contributed by atoms with Crippen molar-refractivity contribution in [3.05, 3.63) is 36.3 Å². The number of rotatable bonds is 3. The summed E-state index contributed by atoms with van der Waals surface area (Å²) in [5, 5.41) is 6.29. The second kappa shape index (κ2) is 4.29. The predicted octanol–water partition coefficient (Wildman–Crippen LogP) is 2.01. The summed E-state index contributed by atoms with van der Waals surface area (Å²) in [4.78, 5) is 0. The van der Waals surface area contributed by atoms with Crippen molar-refractivity contribution in [3.63, 3.8) is 0 Å². The Hall–Kier alpha value is -1.69. The highest BCUT2D eigenvalue weighted by atomic mass is 32.2. The van der Waals surface area contributed by atoms with Gasteiger partial charge in [-0.2, -0.15) is 5.10 Å². The van der Waals surface area contributed by atoms with Crippen LogP contribution in [-0.2, 0) is 9.84 Å². The van der Waals surface area contributed by atoms with Gasteiger partial charge in [-0.1, -0.05) is 19.1 Å². The van der Waals surface area contributed by atoms with Crippen molar-refractivity contribution in [2.24, 2.45) is 0 Å². The smallest absolute Gasteiger partial charge is 0.195 e. The molecule has 4 nitrogen and oxygen atoms in total. The van der Waals surface area contributed by atoms with E-state index in [2.05, 4.69) is 10.2 Å². The van der Waals surface area contributed by atoms with Gasteiger partial charge in [0.2, 0.25) is 0 Å². The lowest BCUT2D eigenvalue weighted by Crippen LogP contribution is -2.05. The van der Waals surface area contributed by atoms with Crippen LogP contribution in [0.25, 0.3) is 11.1 Å². The van der Waals surface area contributed by atoms with Gasteiger partial charge in [0.15, 0.2) is 14.9 Å². The maximum absolute atomic E-state index is 12.8. The Labute approximate surface area is 98.4 Å². The van der Waals surface area contributed by atoms with E-state index in [1.165, 1.54) is 30.5 Å². The second-order valence-corrected chi connectivity index (χ2v) is 5.74. The summed E-state index contributed by atoms with van der Waals surface area (Å²) in [5.74, 6) is -0.374. The Bertz CT molecular complexity index is 617. The van der Waals surface area contributed by atoms with Crippen LogP contribution in [0.15, 0.2) is 35.5 Å². The molecule has 1 heterocycles. The molecular weight excluding hydrogens is 243 g/mol. The fraction of sp³-hybridized carbons (Fsp3) is 0.182. The molecule has 0 aliphatic heterocycles. The molecule has 0 aliphatic rings. The highest BCUT2D eigenvalue weighted by Crippen LogP contribution is 2.26. The van der Waals surface area contributed by atoms with E-state index in [4.69, 9.17) is 0 Å². The van der Waals surface area contributed by atoms with E-state index in [1.807, 2.05) is 0 Å². The first-order valence-electron chi connectivity index (χ1n) is 5.06. The molecule has 0 spiro atoms. The summed E-state index contributed by atoms with van der Waals surface area (Å²) in [6, 6.07) is 5.61. The molecule has 2 rings (SSSR count). The number of benzene rings is 1. The number of aromatic nitrogens is 2. The molecule has 0 aliphatic carbocycles. The number of sulfone groups is 1. The maximum Gasteiger partial charge on any atom is 0.195 e. The number of hydrogen-bond acceptors (Lipinski definition) is 3. The Kier molecular flexibility index (Phi) is 2.97. The topological polar surface area (TPSA) is 62.8 Å². The minimum atomic E-state index is -3.36. The van der Waals surface area contributed by atoms with E-state index in [1.54, 1.807) is 6.92 Å². The van der Waals surface area contributed by atoms with Crippen molar-refractivity contribution in [2.75, 3.05) is 5.75 Å². The summed E-state index contributed by atoms with van der Waals surface area (Å²) in [6.07, 6.45) is 1.43. The van der Waals surface area contributed by atoms with Gasteiger partial charge in [-0.3, -0.25) is 5.10 Å². The average molecular weight is 254 g/mol. The van der Waals surface area contributed by atoms with Crippen molar-refractivity contribution in [3.8, 4) is 11.1 Å². The normalized spacial score (nSPS) is 11.6. The summed E-state index contributed by atoms with van der Waals surface area (Å²) in [5.41, 5.74) is 1.08. The fourth-order valence-electron chi connectivity index (χ4n) is 1.49. The molecule has 0 bridgehead atoms. The van der Waals surface area contributed by atoms with Crippen LogP contribution >= 0.6 is 0 Å². The molecule has 17 heavy (non-hydrogen) atoms. The van der Waals surface area contributed by atoms with Crippen molar-refractivity contribution >= 4 is 9.84 Å². The summed E-state index contributed by atoms with van der Waals surface area (Å²) in [6.45, 7) is 1.56. The minimum Gasteiger partial charge on any atom is -0.267 e. The molecule has 0 saturated carbocycles. The number of H-pyrrole nitrogens is 1. The third-order valence-corrected chi connectivity index (χ3v) is 4.14. The van der Waals surface area contributed by atoms with Crippen LogP contribution in [0.3, 0.4) is 0 Å². The van der Waals surface area contributed by atoms with Crippen molar-refractivity contribution in [1.82, 2.24) is 10.2 Å². The molecule has 6 heteroatoms. The summed E-state index contributed by atoms with van der Waals surface area (Å²) >= 11 is 0. The molecule has 0 atom stereocenters. The first kappa shape index (κ1) is 11.8. The Morgan fingerprint density at radius 1 is 1.29 bits per heavy atom. The number of halogens is 1. The van der Waals surface area contributed by atoms with Crippen molar-refractivity contribution in [1.29, 1.82) is 0 Å². The molecule has 90 valence electrons. The first-order chi connectivity index (χ1) is 8.04. The number of nitrogens with one attached hydrogen (secondary N) is 1. The van der Waals surface area contributed by atoms with Crippen LogP contribution in [0.1, 0.15) is 6.92 Å². The van der Waals surface area contributed by atoms with E-state index in [9.17, 15) is 12.8 Å². The van der Waals surface area contributed by atoms with Crippen LogP contribution in [0, 0.1) is 5.82 Å². The fourth-order valence-corrected chi connectivity index (χ4v) is 2.48. The predicted molar refractivity (Wildman–Crippen MR) is 61.7 cm³/mol. The first-order valence-corrected chi connectivity index (χ1v) is 6.72. The lowest BCUT2D eigenvalue weighted by molar-refractivity contribution is 0.593. The zero-order valence-corrected chi connectivity index (χ0v) is 9.96. The lowest BCUT2D eigenvalue weighted by atomic mass is 10.1. The van der Waals surface area contributed by atoms with E-state index in [0.717, 1.165) is 0 Å². The van der Waals surface area contributed by atoms with Crippen LogP contribution in [0.5, 0.6) is 0 Å². The quantitative estimate of drug-likeness (QED) is 0.911. The monoisotopic (exact) mass is 254 g/mol. The number of nitrogens with zero attached hydrogens (tertiary/aromatic N) is 1. The van der Waals surface area contributed by atoms with Gasteiger partial charge in [-0.25, -0.2) is 12.8 Å². The zero-order valence-electron chi connectivity index (χ0n) is 9.14. The molecule has 1 aromatic carbocycles. The molecule has 0 radical (unpaired) electrons. The Balaban J connectivity index is 2.55. The average Bonchev–Trinajstić information content (AvgIpc) is 2.80. The van der Waals surface area contributed by atoms with Crippen LogP contribution in [-0.4, -0.2) is 24.4 Å². The van der Waals surface area contributed by atoms with Gasteiger partial charge in [0.1, 0.15) is 5.82 Å². The zero-order chi connectivity index (χ0) is 12.5. The van der Waals surface area contributed by atoms with Gasteiger partial charge >= 0.3 is 0 Å². The second-order valence-electron chi connectivity index (χ2n) is 3.52. The molecular formula is C11H11FN2O2S. The van der Waals surface area contributed by atoms with E-state index in [0.29, 0.717) is 11.1 Å². The molecule has 0 fully saturated rings. The van der Waals surface area contributed by atoms with Gasteiger partial charge in [0, 0.05) is 5.56 Å². The summed E-state index contributed by atoms with van der Waals surface area (Å²) < 4.78 is 36.3. The standard InChI is InChI=1S/C11H11FN2O2S/c1-2-17(15,16)11-10(7-13-14-11)8-3-5-9(12)6-4-8/h3-7H,2H2,1H3,(H,13,14). The molecule has 1 aromatic heterocycles. The van der Waals surface area contributed by atoms with Crippen molar-refractivity contribution < 1.29 is 12.8 Å². The van der Waals surface area contributed by atoms with Gasteiger partial charge < -0.3 is 0 Å². The van der Waals surface area contributed by atoms with Gasteiger partial charge in [-0.15, -0.1) is 0 Å². The Morgan fingerprint density at radius 2 is 1.94 bits per heavy atom. The van der Waals surface area contributed by atoms with Crippen LogP contribution < -0.4 is 0 Å². The number of aromatic amines is 1. The lowest BCUT2D eigenvalue weighted by Gasteiger charge is -2.02. The largest absolute Gasteiger partial charge is 0.267 e. The van der Waals surface area contributed by atoms with E-state index < -0.39 is 9.84 Å². The third kappa shape index (κ3) is 2.21. The molecule has 2 aromatic rings. The molecule has 0 saturated heterocycles. The summed E-state index contributed by atoms with van der Waals surface area (Å²) in [7, 11) is -3.36. The molecule has 1 N–H and O–H groups in total. The van der Waals surface area contributed by atoms with Gasteiger partial charge in [0.25, 0.3) is 0 Å². The maximum atomic E-state index is 12.8. The van der Waals surface area contributed by atoms with Crippen LogP contribution in [0.2, 0.25) is 0 Å². The van der Waals surface area contributed by atoms with Crippen LogP contribution in [0.4, 0.5) is 4.39 Å². The third-order valence-electron chi connectivity index (χ3n) is 2.45. The molecule has 0 unspecified atom stereocenters. The van der Waals surface area contributed by atoms with E-state index in [-0.39, 0.29) is 16.6 Å². The number of hydrogen-bond donors (Lipinski definition) is 1.